The number of morpholine rings is 1. The number of hydrogen-bond acceptors (Lipinski definition) is 8. The number of aryl methyl sites for hydroxylation is 1. The van der Waals surface area contributed by atoms with Crippen LogP contribution >= 0.6 is 11.3 Å². The number of carbonyl (C=O) groups excluding carboxylic acids is 1. The lowest BCUT2D eigenvalue weighted by molar-refractivity contribution is -0.140. The van der Waals surface area contributed by atoms with Gasteiger partial charge in [0.05, 0.1) is 28.9 Å². The van der Waals surface area contributed by atoms with Crippen molar-refractivity contribution in [3.8, 4) is 10.7 Å². The van der Waals surface area contributed by atoms with Crippen molar-refractivity contribution in [3.05, 3.63) is 16.8 Å². The van der Waals surface area contributed by atoms with Crippen LogP contribution in [0.5, 0.6) is 0 Å². The van der Waals surface area contributed by atoms with Crippen molar-refractivity contribution >= 4 is 27.3 Å². The predicted molar refractivity (Wildman–Crippen MR) is 113 cm³/mol. The molecule has 0 aromatic carbocycles. The molecule has 11 heteroatoms. The maximum absolute atomic E-state index is 13.4. The molecular formula is C20H26N4O5S2. The van der Waals surface area contributed by atoms with Crippen LogP contribution in [0.15, 0.2) is 15.5 Å². The molecule has 0 radical (unpaired) electrons. The van der Waals surface area contributed by atoms with Gasteiger partial charge in [0.25, 0.3) is 0 Å². The largest absolute Gasteiger partial charge is 0.378 e. The van der Waals surface area contributed by atoms with Crippen LogP contribution < -0.4 is 0 Å². The van der Waals surface area contributed by atoms with Crippen molar-refractivity contribution in [2.24, 2.45) is 5.92 Å². The fourth-order valence-electron chi connectivity index (χ4n) is 4.21. The van der Waals surface area contributed by atoms with Gasteiger partial charge in [-0.2, -0.15) is 9.29 Å². The Balaban J connectivity index is 1.34. The summed E-state index contributed by atoms with van der Waals surface area (Å²) in [5.41, 5.74) is 0. The molecule has 168 valence electrons. The summed E-state index contributed by atoms with van der Waals surface area (Å²) in [7, 11) is -3.71. The smallest absolute Gasteiger partial charge is 0.244 e. The first-order valence-electron chi connectivity index (χ1n) is 10.7. The molecule has 9 nitrogen and oxygen atoms in total. The van der Waals surface area contributed by atoms with E-state index in [1.54, 1.807) is 17.9 Å². The van der Waals surface area contributed by atoms with Crippen molar-refractivity contribution < 1.29 is 22.5 Å². The van der Waals surface area contributed by atoms with E-state index in [2.05, 4.69) is 10.1 Å². The van der Waals surface area contributed by atoms with Gasteiger partial charge in [0, 0.05) is 37.0 Å². The Labute approximate surface area is 185 Å². The van der Waals surface area contributed by atoms with Crippen molar-refractivity contribution in [2.75, 3.05) is 39.4 Å². The molecule has 2 saturated heterocycles. The summed E-state index contributed by atoms with van der Waals surface area (Å²) in [6.07, 6.45) is 3.50. The van der Waals surface area contributed by atoms with E-state index in [0.717, 1.165) is 12.8 Å². The molecule has 3 fully saturated rings. The van der Waals surface area contributed by atoms with Crippen molar-refractivity contribution in [3.63, 3.8) is 0 Å². The monoisotopic (exact) mass is 466 g/mol. The average molecular weight is 467 g/mol. The molecule has 0 spiro atoms. The number of sulfonamides is 1. The van der Waals surface area contributed by atoms with Crippen LogP contribution in [0.2, 0.25) is 0 Å². The molecule has 1 saturated carbocycles. The highest BCUT2D eigenvalue weighted by Crippen LogP contribution is 2.41. The molecule has 2 aromatic rings. The average Bonchev–Trinajstić information content (AvgIpc) is 3.38. The molecule has 2 aliphatic heterocycles. The van der Waals surface area contributed by atoms with Crippen LogP contribution in [0.3, 0.4) is 0 Å². The maximum atomic E-state index is 13.4. The molecule has 5 rings (SSSR count). The van der Waals surface area contributed by atoms with E-state index in [0.29, 0.717) is 73.1 Å². The Morgan fingerprint density at radius 2 is 1.97 bits per heavy atom. The van der Waals surface area contributed by atoms with Gasteiger partial charge in [0.2, 0.25) is 27.6 Å². The topological polar surface area (TPSA) is 106 Å². The number of ether oxygens (including phenoxy) is 1. The Bertz CT molecular complexity index is 1070. The zero-order valence-corrected chi connectivity index (χ0v) is 19.1. The van der Waals surface area contributed by atoms with E-state index in [1.165, 1.54) is 15.6 Å². The molecule has 1 atom stereocenters. The predicted octanol–water partition coefficient (Wildman–Crippen LogP) is 2.24. The van der Waals surface area contributed by atoms with E-state index in [4.69, 9.17) is 9.26 Å². The second kappa shape index (κ2) is 8.27. The summed E-state index contributed by atoms with van der Waals surface area (Å²) >= 11 is 1.35. The zero-order chi connectivity index (χ0) is 21.6. The number of nitrogens with zero attached hydrogens (tertiary/aromatic N) is 4. The number of thiophene rings is 1. The molecule has 2 aromatic heterocycles. The number of aromatic nitrogens is 2. The third-order valence-corrected chi connectivity index (χ3v) is 9.30. The molecular weight excluding hydrogens is 440 g/mol. The Morgan fingerprint density at radius 3 is 2.71 bits per heavy atom. The quantitative estimate of drug-likeness (QED) is 0.665. The van der Waals surface area contributed by atoms with Gasteiger partial charge in [-0.1, -0.05) is 5.16 Å². The third-order valence-electron chi connectivity index (χ3n) is 6.13. The summed E-state index contributed by atoms with van der Waals surface area (Å²) in [4.78, 5) is 20.8. The van der Waals surface area contributed by atoms with Crippen LogP contribution in [0.25, 0.3) is 10.7 Å². The molecule has 0 N–H and O–H groups in total. The van der Waals surface area contributed by atoms with E-state index >= 15 is 0 Å². The minimum Gasteiger partial charge on any atom is -0.378 e. The van der Waals surface area contributed by atoms with Crippen LogP contribution in [0.1, 0.15) is 42.4 Å². The molecule has 4 heterocycles. The molecule has 3 aliphatic rings. The molecule has 1 aliphatic carbocycles. The van der Waals surface area contributed by atoms with Gasteiger partial charge in [-0.15, -0.1) is 11.3 Å². The summed E-state index contributed by atoms with van der Waals surface area (Å²) < 4.78 is 39.0. The Kier molecular flexibility index (Phi) is 5.61. The zero-order valence-electron chi connectivity index (χ0n) is 17.4. The summed E-state index contributed by atoms with van der Waals surface area (Å²) in [5, 5.41) is 4.04. The lowest BCUT2D eigenvalue weighted by Crippen LogP contribution is -2.49. The summed E-state index contributed by atoms with van der Waals surface area (Å²) in [6, 6.07) is 1.64. The van der Waals surface area contributed by atoms with Gasteiger partial charge in [-0.05, 0) is 38.7 Å². The fraction of sp³-hybridized carbons (Fsp3) is 0.650. The first-order valence-corrected chi connectivity index (χ1v) is 13.0. The highest BCUT2D eigenvalue weighted by molar-refractivity contribution is 7.89. The molecule has 0 bridgehead atoms. The van der Waals surface area contributed by atoms with E-state index in [1.807, 2.05) is 0 Å². The second-order valence-electron chi connectivity index (χ2n) is 8.40. The van der Waals surface area contributed by atoms with E-state index in [-0.39, 0.29) is 23.3 Å². The molecule has 0 unspecified atom stereocenters. The van der Waals surface area contributed by atoms with E-state index in [9.17, 15) is 13.2 Å². The number of amides is 1. The molecule has 31 heavy (non-hydrogen) atoms. The lowest BCUT2D eigenvalue weighted by Gasteiger charge is -2.35. The first kappa shape index (κ1) is 21.0. The van der Waals surface area contributed by atoms with Gasteiger partial charge >= 0.3 is 0 Å². The Hall–Kier alpha value is -1.82. The van der Waals surface area contributed by atoms with Gasteiger partial charge in [-0.3, -0.25) is 4.79 Å². The standard InChI is InChI=1S/C20H26N4O5S2/c1-13-17(11-16(30-13)18-21-19(29-22-18)14-4-5-14)31(26,27)24-6-2-3-15(12-24)20(25)23-7-9-28-10-8-23/h11,14-15H,2-10,12H2,1H3/t15-/m1/s1. The van der Waals surface area contributed by atoms with Crippen LogP contribution in [0.4, 0.5) is 0 Å². The van der Waals surface area contributed by atoms with E-state index < -0.39 is 10.0 Å². The second-order valence-corrected chi connectivity index (χ2v) is 11.6. The van der Waals surface area contributed by atoms with Crippen LogP contribution in [-0.2, 0) is 19.6 Å². The number of hydrogen-bond donors (Lipinski definition) is 0. The third kappa shape index (κ3) is 4.15. The summed E-state index contributed by atoms with van der Waals surface area (Å²) in [5.74, 6) is 1.14. The van der Waals surface area contributed by atoms with Crippen molar-refractivity contribution in [1.82, 2.24) is 19.3 Å². The van der Waals surface area contributed by atoms with Gasteiger partial charge < -0.3 is 14.2 Å². The van der Waals surface area contributed by atoms with Crippen LogP contribution in [0, 0.1) is 12.8 Å². The highest BCUT2D eigenvalue weighted by Gasteiger charge is 2.37. The summed E-state index contributed by atoms with van der Waals surface area (Å²) in [6.45, 7) is 4.66. The van der Waals surface area contributed by atoms with Crippen molar-refractivity contribution in [2.45, 2.75) is 43.4 Å². The lowest BCUT2D eigenvalue weighted by atomic mass is 9.98. The highest BCUT2D eigenvalue weighted by atomic mass is 32.2. The van der Waals surface area contributed by atoms with Gasteiger partial charge in [-0.25, -0.2) is 8.42 Å². The number of piperidine rings is 1. The molecule has 1 amide bonds. The van der Waals surface area contributed by atoms with Crippen LogP contribution in [-0.4, -0.2) is 73.1 Å². The fourth-order valence-corrected chi connectivity index (χ4v) is 7.22. The maximum Gasteiger partial charge on any atom is 0.244 e. The first-order chi connectivity index (χ1) is 14.9. The Morgan fingerprint density at radius 1 is 1.19 bits per heavy atom. The number of rotatable bonds is 5. The van der Waals surface area contributed by atoms with Gasteiger partial charge in [0.15, 0.2) is 0 Å². The van der Waals surface area contributed by atoms with Crippen molar-refractivity contribution in [1.29, 1.82) is 0 Å². The SMILES string of the molecule is Cc1sc(-c2noc(C3CC3)n2)cc1S(=O)(=O)N1CCC[C@@H](C(=O)N2CCOCC2)C1. The minimum absolute atomic E-state index is 0.0327. The minimum atomic E-state index is -3.71. The number of carbonyl (C=O) groups is 1. The normalized spacial score (nSPS) is 23.3. The van der Waals surface area contributed by atoms with Gasteiger partial charge in [0.1, 0.15) is 0 Å².